The zero-order valence-corrected chi connectivity index (χ0v) is 9.24. The van der Waals surface area contributed by atoms with Gasteiger partial charge in [0.1, 0.15) is 0 Å². The fourth-order valence-corrected chi connectivity index (χ4v) is 2.06. The van der Waals surface area contributed by atoms with Crippen LogP contribution in [-0.2, 0) is 0 Å². The highest BCUT2D eigenvalue weighted by molar-refractivity contribution is 5.07. The standard InChI is InChI=1S/C12H19N3/c1-10(12-4-2-3-7-14-12)15-11-5-8-13-9-6-11/h2-4,7,10-11,13,15H,5-6,8-9H2,1H3. The Morgan fingerprint density at radius 2 is 2.20 bits per heavy atom. The minimum Gasteiger partial charge on any atom is -0.317 e. The van der Waals surface area contributed by atoms with E-state index in [-0.39, 0.29) is 0 Å². The SMILES string of the molecule is CC(NC1CCNCC1)c1ccccn1. The highest BCUT2D eigenvalue weighted by atomic mass is 15.0. The fraction of sp³-hybridized carbons (Fsp3) is 0.583. The van der Waals surface area contributed by atoms with E-state index in [1.165, 1.54) is 12.8 Å². The van der Waals surface area contributed by atoms with Crippen molar-refractivity contribution in [3.8, 4) is 0 Å². The van der Waals surface area contributed by atoms with E-state index in [1.807, 2.05) is 18.3 Å². The first kappa shape index (κ1) is 10.6. The van der Waals surface area contributed by atoms with Crippen LogP contribution >= 0.6 is 0 Å². The lowest BCUT2D eigenvalue weighted by Crippen LogP contribution is -2.41. The van der Waals surface area contributed by atoms with Gasteiger partial charge in [-0.1, -0.05) is 6.07 Å². The summed E-state index contributed by atoms with van der Waals surface area (Å²) < 4.78 is 0. The molecule has 1 aliphatic heterocycles. The molecule has 3 heteroatoms. The Labute approximate surface area is 91.3 Å². The molecule has 0 radical (unpaired) electrons. The minimum atomic E-state index is 0.356. The van der Waals surface area contributed by atoms with Crippen LogP contribution in [0.15, 0.2) is 24.4 Å². The first-order valence-electron chi connectivity index (χ1n) is 5.74. The number of hydrogen-bond donors (Lipinski definition) is 2. The van der Waals surface area contributed by atoms with Gasteiger partial charge in [0, 0.05) is 18.3 Å². The van der Waals surface area contributed by atoms with Crippen LogP contribution in [0.5, 0.6) is 0 Å². The monoisotopic (exact) mass is 205 g/mol. The molecule has 2 N–H and O–H groups in total. The number of hydrogen-bond acceptors (Lipinski definition) is 3. The van der Waals surface area contributed by atoms with Gasteiger partial charge < -0.3 is 10.6 Å². The van der Waals surface area contributed by atoms with E-state index in [0.29, 0.717) is 12.1 Å². The molecule has 15 heavy (non-hydrogen) atoms. The second kappa shape index (κ2) is 5.24. The third-order valence-electron chi connectivity index (χ3n) is 2.96. The lowest BCUT2D eigenvalue weighted by atomic mass is 10.0. The molecule has 1 aromatic rings. The van der Waals surface area contributed by atoms with E-state index in [0.717, 1.165) is 18.8 Å². The van der Waals surface area contributed by atoms with Crippen LogP contribution in [0, 0.1) is 0 Å². The quantitative estimate of drug-likeness (QED) is 0.785. The van der Waals surface area contributed by atoms with Crippen molar-refractivity contribution >= 4 is 0 Å². The van der Waals surface area contributed by atoms with Gasteiger partial charge in [-0.2, -0.15) is 0 Å². The summed E-state index contributed by atoms with van der Waals surface area (Å²) in [6, 6.07) is 7.08. The molecule has 1 unspecified atom stereocenters. The third kappa shape index (κ3) is 3.01. The molecular formula is C12H19N3. The van der Waals surface area contributed by atoms with Gasteiger partial charge >= 0.3 is 0 Å². The summed E-state index contributed by atoms with van der Waals surface area (Å²) in [5.74, 6) is 0. The Morgan fingerprint density at radius 1 is 1.40 bits per heavy atom. The highest BCUT2D eigenvalue weighted by Gasteiger charge is 2.16. The van der Waals surface area contributed by atoms with E-state index < -0.39 is 0 Å². The van der Waals surface area contributed by atoms with Gasteiger partial charge in [0.25, 0.3) is 0 Å². The highest BCUT2D eigenvalue weighted by Crippen LogP contribution is 2.12. The normalized spacial score (nSPS) is 20.1. The summed E-state index contributed by atoms with van der Waals surface area (Å²) in [5.41, 5.74) is 1.14. The van der Waals surface area contributed by atoms with Gasteiger partial charge in [-0.05, 0) is 45.0 Å². The molecule has 1 aliphatic rings. The van der Waals surface area contributed by atoms with E-state index >= 15 is 0 Å². The summed E-state index contributed by atoms with van der Waals surface area (Å²) >= 11 is 0. The van der Waals surface area contributed by atoms with Crippen LogP contribution in [0.2, 0.25) is 0 Å². The zero-order chi connectivity index (χ0) is 10.5. The molecule has 1 atom stereocenters. The molecule has 0 saturated carbocycles. The Morgan fingerprint density at radius 3 is 2.87 bits per heavy atom. The van der Waals surface area contributed by atoms with Gasteiger partial charge in [-0.15, -0.1) is 0 Å². The van der Waals surface area contributed by atoms with Gasteiger partial charge in [0.15, 0.2) is 0 Å². The van der Waals surface area contributed by atoms with Crippen LogP contribution in [0.3, 0.4) is 0 Å². The maximum atomic E-state index is 4.37. The molecule has 3 nitrogen and oxygen atoms in total. The van der Waals surface area contributed by atoms with E-state index in [1.54, 1.807) is 0 Å². The maximum Gasteiger partial charge on any atom is 0.0570 e. The zero-order valence-electron chi connectivity index (χ0n) is 9.24. The first-order valence-corrected chi connectivity index (χ1v) is 5.74. The van der Waals surface area contributed by atoms with Crippen molar-refractivity contribution in [3.63, 3.8) is 0 Å². The number of piperidine rings is 1. The second-order valence-electron chi connectivity index (χ2n) is 4.17. The molecular weight excluding hydrogens is 186 g/mol. The number of nitrogens with zero attached hydrogens (tertiary/aromatic N) is 1. The predicted octanol–water partition coefficient (Wildman–Crippen LogP) is 1.48. The van der Waals surface area contributed by atoms with Crippen LogP contribution in [0.25, 0.3) is 0 Å². The van der Waals surface area contributed by atoms with Crippen LogP contribution < -0.4 is 10.6 Å². The maximum absolute atomic E-state index is 4.37. The minimum absolute atomic E-state index is 0.356. The van der Waals surface area contributed by atoms with Gasteiger partial charge in [0.05, 0.1) is 5.69 Å². The van der Waals surface area contributed by atoms with Crippen molar-refractivity contribution in [3.05, 3.63) is 30.1 Å². The van der Waals surface area contributed by atoms with Crippen molar-refractivity contribution in [2.24, 2.45) is 0 Å². The summed E-state index contributed by atoms with van der Waals surface area (Å²) in [7, 11) is 0. The van der Waals surface area contributed by atoms with E-state index in [2.05, 4.69) is 28.6 Å². The number of rotatable bonds is 3. The second-order valence-corrected chi connectivity index (χ2v) is 4.17. The number of pyridine rings is 1. The summed E-state index contributed by atoms with van der Waals surface area (Å²) in [6.45, 7) is 4.45. The van der Waals surface area contributed by atoms with Crippen LogP contribution in [-0.4, -0.2) is 24.1 Å². The van der Waals surface area contributed by atoms with Crippen molar-refractivity contribution in [1.82, 2.24) is 15.6 Å². The average molecular weight is 205 g/mol. The molecule has 1 aromatic heterocycles. The Bertz CT molecular complexity index is 280. The predicted molar refractivity (Wildman–Crippen MR) is 61.7 cm³/mol. The largest absolute Gasteiger partial charge is 0.317 e. The molecule has 1 saturated heterocycles. The average Bonchev–Trinajstić information content (AvgIpc) is 2.31. The molecule has 0 aromatic carbocycles. The van der Waals surface area contributed by atoms with Gasteiger partial charge in [0.2, 0.25) is 0 Å². The molecule has 1 fully saturated rings. The molecule has 0 aliphatic carbocycles. The molecule has 0 spiro atoms. The molecule has 0 amide bonds. The van der Waals surface area contributed by atoms with Gasteiger partial charge in [-0.3, -0.25) is 4.98 Å². The van der Waals surface area contributed by atoms with E-state index in [4.69, 9.17) is 0 Å². The summed E-state index contributed by atoms with van der Waals surface area (Å²) in [4.78, 5) is 4.37. The van der Waals surface area contributed by atoms with Crippen molar-refractivity contribution in [2.75, 3.05) is 13.1 Å². The van der Waals surface area contributed by atoms with Crippen LogP contribution in [0.4, 0.5) is 0 Å². The smallest absolute Gasteiger partial charge is 0.0570 e. The van der Waals surface area contributed by atoms with Crippen molar-refractivity contribution in [1.29, 1.82) is 0 Å². The third-order valence-corrected chi connectivity index (χ3v) is 2.96. The molecule has 0 bridgehead atoms. The lowest BCUT2D eigenvalue weighted by molar-refractivity contribution is 0.356. The first-order chi connectivity index (χ1) is 7.36. The summed E-state index contributed by atoms with van der Waals surface area (Å²) in [6.07, 6.45) is 4.30. The number of nitrogens with one attached hydrogen (secondary N) is 2. The fourth-order valence-electron chi connectivity index (χ4n) is 2.06. The molecule has 2 heterocycles. The Kier molecular flexibility index (Phi) is 3.69. The lowest BCUT2D eigenvalue weighted by Gasteiger charge is -2.26. The topological polar surface area (TPSA) is 37.0 Å². The van der Waals surface area contributed by atoms with Crippen molar-refractivity contribution in [2.45, 2.75) is 31.8 Å². The summed E-state index contributed by atoms with van der Waals surface area (Å²) in [5, 5.41) is 7.00. The molecule has 82 valence electrons. The van der Waals surface area contributed by atoms with Gasteiger partial charge in [-0.25, -0.2) is 0 Å². The Hall–Kier alpha value is -0.930. The van der Waals surface area contributed by atoms with Crippen LogP contribution in [0.1, 0.15) is 31.5 Å². The molecule has 2 rings (SSSR count). The Balaban J connectivity index is 1.88. The number of aromatic nitrogens is 1. The van der Waals surface area contributed by atoms with Crippen molar-refractivity contribution < 1.29 is 0 Å². The van der Waals surface area contributed by atoms with E-state index in [9.17, 15) is 0 Å².